The van der Waals surface area contributed by atoms with Crippen LogP contribution in [0.2, 0.25) is 0 Å². The highest BCUT2D eigenvalue weighted by molar-refractivity contribution is 6.22. The van der Waals surface area contributed by atoms with Crippen molar-refractivity contribution >= 4 is 29.3 Å². The molecule has 1 heterocycles. The van der Waals surface area contributed by atoms with E-state index in [1.54, 1.807) is 12.1 Å². The minimum absolute atomic E-state index is 0.154. The Hall–Kier alpha value is -3.68. The summed E-state index contributed by atoms with van der Waals surface area (Å²) in [6.07, 6.45) is 0. The Balaban J connectivity index is 1.53. The molecule has 2 aromatic rings. The van der Waals surface area contributed by atoms with E-state index < -0.39 is 0 Å². The van der Waals surface area contributed by atoms with Crippen molar-refractivity contribution in [2.45, 2.75) is 13.8 Å². The molecule has 4 amide bonds. The molecule has 2 aromatic carbocycles. The molecule has 0 spiro atoms. The topological polar surface area (TPSA) is 98.8 Å². The van der Waals surface area contributed by atoms with Crippen LogP contribution >= 0.6 is 0 Å². The Bertz CT molecular complexity index is 1040. The van der Waals surface area contributed by atoms with E-state index in [0.717, 1.165) is 5.69 Å². The third kappa shape index (κ3) is 4.96. The van der Waals surface area contributed by atoms with Crippen LogP contribution in [0.4, 0.5) is 5.69 Å². The predicted molar refractivity (Wildman–Crippen MR) is 122 cm³/mol. The summed E-state index contributed by atoms with van der Waals surface area (Å²) >= 11 is 0. The van der Waals surface area contributed by atoms with E-state index in [1.807, 2.05) is 45.0 Å². The van der Waals surface area contributed by atoms with Gasteiger partial charge < -0.3 is 15.5 Å². The molecule has 0 bridgehead atoms. The fourth-order valence-electron chi connectivity index (χ4n) is 3.43. The Kier molecular flexibility index (Phi) is 6.92. The van der Waals surface area contributed by atoms with Gasteiger partial charge in [-0.2, -0.15) is 0 Å². The summed E-state index contributed by atoms with van der Waals surface area (Å²) in [6.45, 7) is 4.68. The molecule has 1 aliphatic rings. The summed E-state index contributed by atoms with van der Waals surface area (Å²) in [5, 5.41) is 5.48. The molecule has 0 saturated heterocycles. The molecule has 0 aliphatic carbocycles. The summed E-state index contributed by atoms with van der Waals surface area (Å²) in [6, 6.07) is 11.7. The number of benzene rings is 2. The van der Waals surface area contributed by atoms with Gasteiger partial charge in [-0.15, -0.1) is 0 Å². The van der Waals surface area contributed by atoms with Crippen LogP contribution in [0.15, 0.2) is 42.5 Å². The van der Waals surface area contributed by atoms with Crippen molar-refractivity contribution in [2.24, 2.45) is 5.92 Å². The molecular formula is C24H28N4O4. The fraction of sp³-hybridized carbons (Fsp3) is 0.333. The SMILES string of the molecule is CC(C)CN1C(=O)c2ccc(C(=O)NCCNC(=O)c3ccc(N(C)C)cc3)cc2C1=O. The zero-order valence-electron chi connectivity index (χ0n) is 18.8. The van der Waals surface area contributed by atoms with E-state index in [4.69, 9.17) is 0 Å². The average molecular weight is 437 g/mol. The maximum Gasteiger partial charge on any atom is 0.261 e. The van der Waals surface area contributed by atoms with Gasteiger partial charge in [0.1, 0.15) is 0 Å². The number of carbonyl (C=O) groups is 4. The van der Waals surface area contributed by atoms with Gasteiger partial charge in [0.2, 0.25) is 0 Å². The largest absolute Gasteiger partial charge is 0.378 e. The van der Waals surface area contributed by atoms with Crippen LogP contribution in [0, 0.1) is 5.92 Å². The maximum atomic E-state index is 12.6. The fourth-order valence-corrected chi connectivity index (χ4v) is 3.43. The third-order valence-electron chi connectivity index (χ3n) is 5.12. The summed E-state index contributed by atoms with van der Waals surface area (Å²) < 4.78 is 0. The van der Waals surface area contributed by atoms with Crippen molar-refractivity contribution in [1.29, 1.82) is 0 Å². The highest BCUT2D eigenvalue weighted by Crippen LogP contribution is 2.24. The smallest absolute Gasteiger partial charge is 0.261 e. The number of rotatable bonds is 8. The minimum atomic E-state index is -0.375. The van der Waals surface area contributed by atoms with Crippen LogP contribution in [-0.4, -0.2) is 62.3 Å². The zero-order chi connectivity index (χ0) is 23.4. The highest BCUT2D eigenvalue weighted by atomic mass is 16.2. The third-order valence-corrected chi connectivity index (χ3v) is 5.12. The van der Waals surface area contributed by atoms with Crippen molar-refractivity contribution in [3.8, 4) is 0 Å². The number of hydrogen-bond acceptors (Lipinski definition) is 5. The van der Waals surface area contributed by atoms with Crippen molar-refractivity contribution in [3.63, 3.8) is 0 Å². The first kappa shape index (κ1) is 23.0. The van der Waals surface area contributed by atoms with Gasteiger partial charge >= 0.3 is 0 Å². The summed E-state index contributed by atoms with van der Waals surface area (Å²) in [7, 11) is 3.85. The molecule has 3 rings (SSSR count). The van der Waals surface area contributed by atoms with Crippen LogP contribution in [0.3, 0.4) is 0 Å². The number of carbonyl (C=O) groups excluding carboxylic acids is 4. The molecule has 0 fully saturated rings. The number of anilines is 1. The first-order valence-electron chi connectivity index (χ1n) is 10.5. The van der Waals surface area contributed by atoms with E-state index in [9.17, 15) is 19.2 Å². The Morgan fingerprint density at radius 3 is 1.94 bits per heavy atom. The maximum absolute atomic E-state index is 12.6. The normalized spacial score (nSPS) is 12.7. The molecular weight excluding hydrogens is 408 g/mol. The van der Waals surface area contributed by atoms with Crippen molar-refractivity contribution in [3.05, 3.63) is 64.7 Å². The monoisotopic (exact) mass is 436 g/mol. The first-order chi connectivity index (χ1) is 15.2. The Morgan fingerprint density at radius 2 is 1.38 bits per heavy atom. The zero-order valence-corrected chi connectivity index (χ0v) is 18.8. The highest BCUT2D eigenvalue weighted by Gasteiger charge is 2.36. The molecule has 0 unspecified atom stereocenters. The number of imide groups is 1. The molecule has 32 heavy (non-hydrogen) atoms. The second-order valence-corrected chi connectivity index (χ2v) is 8.33. The lowest BCUT2D eigenvalue weighted by Crippen LogP contribution is -2.34. The molecule has 8 nitrogen and oxygen atoms in total. The van der Waals surface area contributed by atoms with E-state index in [2.05, 4.69) is 10.6 Å². The molecule has 8 heteroatoms. The predicted octanol–water partition coefficient (Wildman–Crippen LogP) is 2.16. The molecule has 0 aromatic heterocycles. The van der Waals surface area contributed by atoms with Crippen molar-refractivity contribution in [2.75, 3.05) is 38.6 Å². The number of amides is 4. The van der Waals surface area contributed by atoms with Crippen molar-refractivity contribution < 1.29 is 19.2 Å². The second kappa shape index (κ2) is 9.64. The Morgan fingerprint density at radius 1 is 0.844 bits per heavy atom. The quantitative estimate of drug-likeness (QED) is 0.488. The summed E-state index contributed by atoms with van der Waals surface area (Å²) in [4.78, 5) is 52.9. The average Bonchev–Trinajstić information content (AvgIpc) is 3.00. The number of hydrogen-bond donors (Lipinski definition) is 2. The van der Waals surface area contributed by atoms with Gasteiger partial charge in [-0.1, -0.05) is 13.8 Å². The van der Waals surface area contributed by atoms with Crippen molar-refractivity contribution in [1.82, 2.24) is 15.5 Å². The van der Waals surface area contributed by atoms with Gasteiger partial charge in [0.25, 0.3) is 23.6 Å². The Labute approximate surface area is 187 Å². The number of nitrogens with one attached hydrogen (secondary N) is 2. The van der Waals surface area contributed by atoms with Gasteiger partial charge in [0, 0.05) is 50.5 Å². The van der Waals surface area contributed by atoms with E-state index in [0.29, 0.717) is 23.2 Å². The molecule has 1 aliphatic heterocycles. The van der Waals surface area contributed by atoms with Crippen LogP contribution < -0.4 is 15.5 Å². The summed E-state index contributed by atoms with van der Waals surface area (Å²) in [5.74, 6) is -1.15. The minimum Gasteiger partial charge on any atom is -0.378 e. The lowest BCUT2D eigenvalue weighted by Gasteiger charge is -2.15. The number of fused-ring (bicyclic) bond motifs is 1. The molecule has 168 valence electrons. The molecule has 0 saturated carbocycles. The van der Waals surface area contributed by atoms with E-state index in [1.165, 1.54) is 23.1 Å². The van der Waals surface area contributed by atoms with Crippen LogP contribution in [0.5, 0.6) is 0 Å². The summed E-state index contributed by atoms with van der Waals surface area (Å²) in [5.41, 5.74) is 2.39. The molecule has 0 atom stereocenters. The van der Waals surface area contributed by atoms with Gasteiger partial charge in [0.05, 0.1) is 11.1 Å². The van der Waals surface area contributed by atoms with Crippen LogP contribution in [-0.2, 0) is 0 Å². The lowest BCUT2D eigenvalue weighted by molar-refractivity contribution is 0.0635. The molecule has 2 N–H and O–H groups in total. The standard InChI is InChI=1S/C24H28N4O4/c1-15(2)14-28-23(31)19-10-7-17(13-20(19)24(28)32)22(30)26-12-11-25-21(29)16-5-8-18(9-6-16)27(3)4/h5-10,13,15H,11-12,14H2,1-4H3,(H,25,29)(H,26,30). The second-order valence-electron chi connectivity index (χ2n) is 8.33. The first-order valence-corrected chi connectivity index (χ1v) is 10.5. The number of nitrogens with zero attached hydrogens (tertiary/aromatic N) is 2. The van der Waals surface area contributed by atoms with Crippen LogP contribution in [0.1, 0.15) is 55.3 Å². The van der Waals surface area contributed by atoms with E-state index >= 15 is 0 Å². The van der Waals surface area contributed by atoms with Gasteiger partial charge in [-0.05, 0) is 48.4 Å². The molecule has 0 radical (unpaired) electrons. The van der Waals surface area contributed by atoms with Gasteiger partial charge in [0.15, 0.2) is 0 Å². The van der Waals surface area contributed by atoms with Crippen LogP contribution in [0.25, 0.3) is 0 Å². The van der Waals surface area contributed by atoms with Gasteiger partial charge in [-0.3, -0.25) is 24.1 Å². The lowest BCUT2D eigenvalue weighted by atomic mass is 10.1. The van der Waals surface area contributed by atoms with Gasteiger partial charge in [-0.25, -0.2) is 0 Å². The van der Waals surface area contributed by atoms with E-state index in [-0.39, 0.29) is 48.2 Å².